The van der Waals surface area contributed by atoms with Crippen molar-refractivity contribution in [1.29, 1.82) is 0 Å². The number of halogens is 1. The van der Waals surface area contributed by atoms with Gasteiger partial charge in [0.15, 0.2) is 0 Å². The third kappa shape index (κ3) is 4.10. The Balaban J connectivity index is 2.52. The highest BCUT2D eigenvalue weighted by atomic mass is 35.5. The third-order valence-electron chi connectivity index (χ3n) is 2.34. The first-order valence-electron chi connectivity index (χ1n) is 5.33. The summed E-state index contributed by atoms with van der Waals surface area (Å²) < 4.78 is 0. The summed E-state index contributed by atoms with van der Waals surface area (Å²) in [6.45, 7) is 4.50. The van der Waals surface area contributed by atoms with Crippen molar-refractivity contribution in [3.8, 4) is 0 Å². The summed E-state index contributed by atoms with van der Waals surface area (Å²) in [4.78, 5) is 0. The highest BCUT2D eigenvalue weighted by Crippen LogP contribution is 2.20. The van der Waals surface area contributed by atoms with Gasteiger partial charge >= 0.3 is 0 Å². The Kier molecular flexibility index (Phi) is 5.22. The van der Waals surface area contributed by atoms with E-state index in [-0.39, 0.29) is 0 Å². The Morgan fingerprint density at radius 1 is 1.31 bits per heavy atom. The van der Waals surface area contributed by atoms with Gasteiger partial charge < -0.3 is 15.5 Å². The predicted octanol–water partition coefficient (Wildman–Crippen LogP) is 1.65. The number of hydrogen-bond acceptors (Lipinski definition) is 3. The first kappa shape index (κ1) is 13.5. The molecule has 3 N–H and O–H groups in total. The van der Waals surface area contributed by atoms with Crippen LogP contribution in [0.2, 0.25) is 5.02 Å². The number of aliphatic hydroxyl groups excluding tert-OH is 2. The van der Waals surface area contributed by atoms with Crippen LogP contribution in [0.25, 0.3) is 0 Å². The molecule has 1 rings (SSSR count). The second-order valence-corrected chi connectivity index (χ2v) is 4.44. The molecule has 4 heteroatoms. The average Bonchev–Trinajstić information content (AvgIpc) is 2.21. The number of benzene rings is 1. The average molecular weight is 244 g/mol. The summed E-state index contributed by atoms with van der Waals surface area (Å²) in [7, 11) is 0. The van der Waals surface area contributed by atoms with Gasteiger partial charge in [0.1, 0.15) is 0 Å². The van der Waals surface area contributed by atoms with Gasteiger partial charge in [-0.3, -0.25) is 0 Å². The molecule has 0 saturated carbocycles. The second kappa shape index (κ2) is 6.21. The van der Waals surface area contributed by atoms with Crippen molar-refractivity contribution < 1.29 is 10.2 Å². The summed E-state index contributed by atoms with van der Waals surface area (Å²) >= 11 is 5.90. The van der Waals surface area contributed by atoms with Gasteiger partial charge in [-0.2, -0.15) is 0 Å². The molecular weight excluding hydrogens is 226 g/mol. The van der Waals surface area contributed by atoms with E-state index in [1.807, 2.05) is 19.1 Å². The summed E-state index contributed by atoms with van der Waals surface area (Å²) in [5.74, 6) is 0. The van der Waals surface area contributed by atoms with Crippen molar-refractivity contribution in [3.05, 3.63) is 34.3 Å². The Morgan fingerprint density at radius 3 is 2.56 bits per heavy atom. The maximum atomic E-state index is 9.86. The molecule has 90 valence electrons. The molecule has 0 heterocycles. The molecule has 0 aromatic heterocycles. The van der Waals surface area contributed by atoms with E-state index in [0.29, 0.717) is 18.1 Å². The highest BCUT2D eigenvalue weighted by molar-refractivity contribution is 6.31. The van der Waals surface area contributed by atoms with Gasteiger partial charge in [-0.05, 0) is 31.0 Å². The fraction of sp³-hybridized carbons (Fsp3) is 0.500. The zero-order chi connectivity index (χ0) is 12.1. The largest absolute Gasteiger partial charge is 0.392 e. The third-order valence-corrected chi connectivity index (χ3v) is 2.77. The van der Waals surface area contributed by atoms with Gasteiger partial charge in [0, 0.05) is 18.1 Å². The second-order valence-electron chi connectivity index (χ2n) is 4.03. The minimum absolute atomic E-state index is 0.404. The minimum Gasteiger partial charge on any atom is -0.392 e. The lowest BCUT2D eigenvalue weighted by Crippen LogP contribution is -2.28. The Bertz CT molecular complexity index is 342. The number of hydrogen-bond donors (Lipinski definition) is 3. The molecule has 0 fully saturated rings. The fourth-order valence-corrected chi connectivity index (χ4v) is 1.54. The SMILES string of the molecule is Cc1cc(C(O)CNCC(C)O)ccc1Cl. The smallest absolute Gasteiger partial charge is 0.0914 e. The summed E-state index contributed by atoms with van der Waals surface area (Å²) in [5, 5.41) is 22.6. The van der Waals surface area contributed by atoms with Gasteiger partial charge in [0.2, 0.25) is 0 Å². The van der Waals surface area contributed by atoms with Crippen LogP contribution >= 0.6 is 11.6 Å². The van der Waals surface area contributed by atoms with Crippen molar-refractivity contribution >= 4 is 11.6 Å². The lowest BCUT2D eigenvalue weighted by molar-refractivity contribution is 0.155. The quantitative estimate of drug-likeness (QED) is 0.737. The van der Waals surface area contributed by atoms with Crippen molar-refractivity contribution in [2.24, 2.45) is 0 Å². The van der Waals surface area contributed by atoms with Crippen LogP contribution in [-0.4, -0.2) is 29.4 Å². The summed E-state index contributed by atoms with van der Waals surface area (Å²) in [6.07, 6.45) is -0.978. The molecule has 0 amide bonds. The van der Waals surface area contributed by atoms with Gasteiger partial charge in [-0.15, -0.1) is 0 Å². The first-order valence-corrected chi connectivity index (χ1v) is 5.71. The van der Waals surface area contributed by atoms with E-state index in [2.05, 4.69) is 5.32 Å². The van der Waals surface area contributed by atoms with Crippen LogP contribution in [0.1, 0.15) is 24.2 Å². The van der Waals surface area contributed by atoms with E-state index >= 15 is 0 Å². The lowest BCUT2D eigenvalue weighted by atomic mass is 10.1. The molecule has 0 radical (unpaired) electrons. The molecule has 3 nitrogen and oxygen atoms in total. The Hall–Kier alpha value is -0.610. The zero-order valence-electron chi connectivity index (χ0n) is 9.57. The van der Waals surface area contributed by atoms with Crippen LogP contribution in [0.5, 0.6) is 0 Å². The maximum Gasteiger partial charge on any atom is 0.0914 e. The van der Waals surface area contributed by atoms with Crippen LogP contribution < -0.4 is 5.32 Å². The van der Waals surface area contributed by atoms with Crippen molar-refractivity contribution in [1.82, 2.24) is 5.32 Å². The van der Waals surface area contributed by atoms with E-state index in [4.69, 9.17) is 16.7 Å². The molecule has 2 unspecified atom stereocenters. The van der Waals surface area contributed by atoms with E-state index < -0.39 is 12.2 Å². The number of rotatable bonds is 5. The molecule has 1 aromatic carbocycles. The molecule has 0 aliphatic carbocycles. The normalized spacial score (nSPS) is 14.8. The molecule has 16 heavy (non-hydrogen) atoms. The van der Waals surface area contributed by atoms with E-state index in [9.17, 15) is 5.11 Å². The topological polar surface area (TPSA) is 52.5 Å². The molecule has 2 atom stereocenters. The zero-order valence-corrected chi connectivity index (χ0v) is 10.3. The van der Waals surface area contributed by atoms with Crippen LogP contribution in [0, 0.1) is 6.92 Å². The van der Waals surface area contributed by atoms with Crippen LogP contribution in [0.3, 0.4) is 0 Å². The molecule has 1 aromatic rings. The molecule has 0 bridgehead atoms. The highest BCUT2D eigenvalue weighted by Gasteiger charge is 2.08. The maximum absolute atomic E-state index is 9.86. The fourth-order valence-electron chi connectivity index (χ4n) is 1.42. The number of aliphatic hydroxyl groups is 2. The molecule has 0 saturated heterocycles. The van der Waals surface area contributed by atoms with Crippen molar-refractivity contribution in [2.75, 3.05) is 13.1 Å². The van der Waals surface area contributed by atoms with Crippen LogP contribution in [-0.2, 0) is 0 Å². The standard InChI is InChI=1S/C12H18ClNO2/c1-8-5-10(3-4-11(8)13)12(16)7-14-6-9(2)15/h3-5,9,12,14-16H,6-7H2,1-2H3. The van der Waals surface area contributed by atoms with Gasteiger partial charge in [0.05, 0.1) is 12.2 Å². The van der Waals surface area contributed by atoms with Gasteiger partial charge in [-0.1, -0.05) is 23.7 Å². The predicted molar refractivity (Wildman–Crippen MR) is 65.7 cm³/mol. The van der Waals surface area contributed by atoms with E-state index in [1.54, 1.807) is 13.0 Å². The van der Waals surface area contributed by atoms with E-state index in [1.165, 1.54) is 0 Å². The Labute approximate surface area is 101 Å². The summed E-state index contributed by atoms with van der Waals surface area (Å²) in [5.41, 5.74) is 1.79. The monoisotopic (exact) mass is 243 g/mol. The van der Waals surface area contributed by atoms with E-state index in [0.717, 1.165) is 11.1 Å². The molecular formula is C12H18ClNO2. The van der Waals surface area contributed by atoms with Crippen molar-refractivity contribution in [3.63, 3.8) is 0 Å². The van der Waals surface area contributed by atoms with Gasteiger partial charge in [0.25, 0.3) is 0 Å². The van der Waals surface area contributed by atoms with Gasteiger partial charge in [-0.25, -0.2) is 0 Å². The lowest BCUT2D eigenvalue weighted by Gasteiger charge is -2.14. The summed E-state index contributed by atoms with van der Waals surface area (Å²) in [6, 6.07) is 5.46. The van der Waals surface area contributed by atoms with Crippen LogP contribution in [0.15, 0.2) is 18.2 Å². The molecule has 0 spiro atoms. The Morgan fingerprint density at radius 2 is 2.00 bits per heavy atom. The number of aryl methyl sites for hydroxylation is 1. The minimum atomic E-state index is -0.574. The molecule has 0 aliphatic rings. The van der Waals surface area contributed by atoms with Crippen molar-refractivity contribution in [2.45, 2.75) is 26.1 Å². The van der Waals surface area contributed by atoms with Crippen LogP contribution in [0.4, 0.5) is 0 Å². The first-order chi connectivity index (χ1) is 7.50. The number of nitrogens with one attached hydrogen (secondary N) is 1. The molecule has 0 aliphatic heterocycles.